The van der Waals surface area contributed by atoms with E-state index in [1.807, 2.05) is 30.3 Å². The lowest BCUT2D eigenvalue weighted by atomic mass is 10.0. The monoisotopic (exact) mass is 500 g/mol. The smallest absolute Gasteiger partial charge is 0.243 e. The standard InChI is InChI=1S/C27H28N6O4/c1-17(34)32-25(12-20-16-30-23-5-3-2-4-22(20)23)27(37)33-24(11-10-21(35)14-29)26(36)31-15-19-8-6-18(13-28)7-9-19/h2-9,14,16,24-25,29-30H,10-12,15H2,1H3,(H,31,36)(H,32,34)(H,33,37)/t24-,25-/m0/s1. The number of benzene rings is 2. The molecule has 0 saturated heterocycles. The van der Waals surface area contributed by atoms with Crippen LogP contribution in [-0.2, 0) is 32.1 Å². The number of carbonyl (C=O) groups excluding carboxylic acids is 4. The fourth-order valence-electron chi connectivity index (χ4n) is 3.88. The third kappa shape index (κ3) is 7.60. The van der Waals surface area contributed by atoms with Gasteiger partial charge in [-0.25, -0.2) is 0 Å². The fourth-order valence-corrected chi connectivity index (χ4v) is 3.88. The lowest BCUT2D eigenvalue weighted by molar-refractivity contribution is -0.132. The summed E-state index contributed by atoms with van der Waals surface area (Å²) >= 11 is 0. The maximum Gasteiger partial charge on any atom is 0.243 e. The van der Waals surface area contributed by atoms with Crippen molar-refractivity contribution in [3.8, 4) is 6.07 Å². The average Bonchev–Trinajstić information content (AvgIpc) is 3.31. The first-order chi connectivity index (χ1) is 17.8. The second-order valence-corrected chi connectivity index (χ2v) is 8.55. The van der Waals surface area contributed by atoms with Gasteiger partial charge in [0.1, 0.15) is 12.1 Å². The zero-order valence-electron chi connectivity index (χ0n) is 20.3. The lowest BCUT2D eigenvalue weighted by Crippen LogP contribution is -2.54. The SMILES string of the molecule is CC(=O)N[C@@H](Cc1c[nH]c2ccccc12)C(=O)N[C@@H](CCC(=O)C=N)C(=O)NCc1ccc(C#N)cc1. The van der Waals surface area contributed by atoms with Crippen molar-refractivity contribution >= 4 is 40.6 Å². The second kappa shape index (κ2) is 12.8. The number of fused-ring (bicyclic) bond motifs is 1. The third-order valence-corrected chi connectivity index (χ3v) is 5.82. The van der Waals surface area contributed by atoms with Gasteiger partial charge in [0, 0.05) is 43.4 Å². The molecule has 0 aliphatic heterocycles. The van der Waals surface area contributed by atoms with Crippen molar-refractivity contribution in [2.24, 2.45) is 0 Å². The number of ketones is 1. The van der Waals surface area contributed by atoms with Crippen LogP contribution in [0.15, 0.2) is 54.7 Å². The van der Waals surface area contributed by atoms with Crippen molar-refractivity contribution in [2.45, 2.75) is 44.8 Å². The first-order valence-corrected chi connectivity index (χ1v) is 11.7. The van der Waals surface area contributed by atoms with Crippen LogP contribution in [0.4, 0.5) is 0 Å². The molecule has 1 aromatic heterocycles. The highest BCUT2D eigenvalue weighted by molar-refractivity contribution is 6.26. The number of hydrogen-bond acceptors (Lipinski definition) is 6. The van der Waals surface area contributed by atoms with Crippen molar-refractivity contribution in [3.05, 3.63) is 71.4 Å². The minimum Gasteiger partial charge on any atom is -0.361 e. The van der Waals surface area contributed by atoms with E-state index in [1.54, 1.807) is 30.5 Å². The average molecular weight is 501 g/mol. The summed E-state index contributed by atoms with van der Waals surface area (Å²) in [6, 6.07) is 14.3. The van der Waals surface area contributed by atoms with E-state index in [4.69, 9.17) is 10.7 Å². The summed E-state index contributed by atoms with van der Waals surface area (Å²) < 4.78 is 0. The van der Waals surface area contributed by atoms with Crippen LogP contribution in [0, 0.1) is 16.7 Å². The molecule has 0 saturated carbocycles. The molecule has 0 aliphatic carbocycles. The molecular weight excluding hydrogens is 472 g/mol. The Hall–Kier alpha value is -4.78. The van der Waals surface area contributed by atoms with Gasteiger partial charge in [0.15, 0.2) is 5.78 Å². The molecule has 0 unspecified atom stereocenters. The third-order valence-electron chi connectivity index (χ3n) is 5.82. The Labute approximate surface area is 213 Å². The molecule has 2 atom stereocenters. The molecule has 10 heteroatoms. The largest absolute Gasteiger partial charge is 0.361 e. The Balaban J connectivity index is 1.73. The number of aromatic amines is 1. The molecule has 3 aromatic rings. The Morgan fingerprint density at radius 2 is 1.76 bits per heavy atom. The van der Waals surface area contributed by atoms with Gasteiger partial charge in [0.25, 0.3) is 0 Å². The number of para-hydroxylation sites is 1. The number of nitriles is 1. The van der Waals surface area contributed by atoms with Gasteiger partial charge in [-0.05, 0) is 35.7 Å². The van der Waals surface area contributed by atoms with Crippen molar-refractivity contribution in [1.82, 2.24) is 20.9 Å². The fraction of sp³-hybridized carbons (Fsp3) is 0.259. The van der Waals surface area contributed by atoms with E-state index in [9.17, 15) is 19.2 Å². The molecule has 37 heavy (non-hydrogen) atoms. The zero-order chi connectivity index (χ0) is 26.8. The molecule has 5 N–H and O–H groups in total. The number of Topliss-reactive ketones (excluding diaryl/α,β-unsaturated/α-hetero) is 1. The first kappa shape index (κ1) is 26.8. The summed E-state index contributed by atoms with van der Waals surface area (Å²) in [6.45, 7) is 1.46. The topological polar surface area (TPSA) is 168 Å². The number of rotatable bonds is 12. The summed E-state index contributed by atoms with van der Waals surface area (Å²) in [7, 11) is 0. The molecule has 190 valence electrons. The van der Waals surface area contributed by atoms with E-state index in [2.05, 4.69) is 20.9 Å². The molecular formula is C27H28N6O4. The van der Waals surface area contributed by atoms with Crippen molar-refractivity contribution < 1.29 is 19.2 Å². The number of carbonyl (C=O) groups is 4. The molecule has 1 heterocycles. The van der Waals surface area contributed by atoms with Gasteiger partial charge in [0.2, 0.25) is 17.7 Å². The van der Waals surface area contributed by atoms with Gasteiger partial charge in [-0.3, -0.25) is 19.2 Å². The zero-order valence-corrected chi connectivity index (χ0v) is 20.3. The van der Waals surface area contributed by atoms with Gasteiger partial charge >= 0.3 is 0 Å². The Morgan fingerprint density at radius 1 is 1.03 bits per heavy atom. The van der Waals surface area contributed by atoms with Crippen molar-refractivity contribution in [2.75, 3.05) is 0 Å². The summed E-state index contributed by atoms with van der Waals surface area (Å²) in [4.78, 5) is 52.9. The number of H-pyrrole nitrogens is 1. The van der Waals surface area contributed by atoms with Gasteiger partial charge in [-0.1, -0.05) is 30.3 Å². The highest BCUT2D eigenvalue weighted by Crippen LogP contribution is 2.19. The molecule has 0 radical (unpaired) electrons. The van der Waals surface area contributed by atoms with Crippen LogP contribution in [-0.4, -0.2) is 46.8 Å². The van der Waals surface area contributed by atoms with Crippen LogP contribution in [0.3, 0.4) is 0 Å². The number of nitrogens with zero attached hydrogens (tertiary/aromatic N) is 1. The number of aromatic nitrogens is 1. The van der Waals surface area contributed by atoms with E-state index in [-0.39, 0.29) is 25.8 Å². The van der Waals surface area contributed by atoms with E-state index >= 15 is 0 Å². The number of nitrogens with one attached hydrogen (secondary N) is 5. The Kier molecular flexibility index (Phi) is 9.27. The van der Waals surface area contributed by atoms with Gasteiger partial charge in [-0.15, -0.1) is 0 Å². The Morgan fingerprint density at radius 3 is 2.43 bits per heavy atom. The minimum atomic E-state index is -1.06. The van der Waals surface area contributed by atoms with Crippen LogP contribution in [0.1, 0.15) is 36.5 Å². The molecule has 2 aromatic carbocycles. The van der Waals surface area contributed by atoms with Gasteiger partial charge in [0.05, 0.1) is 17.8 Å². The maximum atomic E-state index is 13.2. The predicted molar refractivity (Wildman–Crippen MR) is 138 cm³/mol. The predicted octanol–water partition coefficient (Wildman–Crippen LogP) is 1.89. The minimum absolute atomic E-state index is 0.0148. The van der Waals surface area contributed by atoms with E-state index in [1.165, 1.54) is 6.92 Å². The van der Waals surface area contributed by atoms with Crippen LogP contribution in [0.25, 0.3) is 10.9 Å². The van der Waals surface area contributed by atoms with E-state index < -0.39 is 35.6 Å². The van der Waals surface area contributed by atoms with Gasteiger partial charge in [-0.2, -0.15) is 5.26 Å². The molecule has 3 rings (SSSR count). The molecule has 10 nitrogen and oxygen atoms in total. The van der Waals surface area contributed by atoms with E-state index in [0.29, 0.717) is 11.8 Å². The Bertz CT molecular complexity index is 1340. The van der Waals surface area contributed by atoms with Crippen molar-refractivity contribution in [3.63, 3.8) is 0 Å². The quantitative estimate of drug-likeness (QED) is 0.239. The lowest BCUT2D eigenvalue weighted by Gasteiger charge is -2.23. The van der Waals surface area contributed by atoms with Crippen LogP contribution in [0.5, 0.6) is 0 Å². The van der Waals surface area contributed by atoms with Crippen LogP contribution >= 0.6 is 0 Å². The summed E-state index contributed by atoms with van der Waals surface area (Å²) in [5.74, 6) is -1.96. The molecule has 0 fully saturated rings. The summed E-state index contributed by atoms with van der Waals surface area (Å²) in [5, 5.41) is 25.0. The van der Waals surface area contributed by atoms with Crippen LogP contribution < -0.4 is 16.0 Å². The highest BCUT2D eigenvalue weighted by Gasteiger charge is 2.27. The normalized spacial score (nSPS) is 12.1. The molecule has 0 spiro atoms. The number of hydrogen-bond donors (Lipinski definition) is 5. The first-order valence-electron chi connectivity index (χ1n) is 11.7. The van der Waals surface area contributed by atoms with Gasteiger partial charge < -0.3 is 26.3 Å². The number of amides is 3. The molecule has 0 bridgehead atoms. The molecule has 0 aliphatic rings. The van der Waals surface area contributed by atoms with Crippen LogP contribution in [0.2, 0.25) is 0 Å². The van der Waals surface area contributed by atoms with E-state index in [0.717, 1.165) is 22.0 Å². The summed E-state index contributed by atoms with van der Waals surface area (Å²) in [6.07, 6.45) is 2.52. The van der Waals surface area contributed by atoms with Crippen molar-refractivity contribution in [1.29, 1.82) is 10.7 Å². The maximum absolute atomic E-state index is 13.2. The highest BCUT2D eigenvalue weighted by atomic mass is 16.2. The summed E-state index contributed by atoms with van der Waals surface area (Å²) in [5.41, 5.74) is 2.96. The molecule has 3 amide bonds. The second-order valence-electron chi connectivity index (χ2n) is 8.55.